The monoisotopic (exact) mass is 386 g/mol. The van der Waals surface area contributed by atoms with Crippen molar-refractivity contribution in [3.63, 3.8) is 0 Å². The molecule has 2 heterocycles. The number of likely N-dealkylation sites (N-methyl/N-ethyl adjacent to an activating group) is 1. The molecule has 0 saturated carbocycles. The zero-order valence-electron chi connectivity index (χ0n) is 15.7. The van der Waals surface area contributed by atoms with Crippen LogP contribution in [0.25, 0.3) is 10.9 Å². The van der Waals surface area contributed by atoms with Crippen LogP contribution in [0.2, 0.25) is 5.02 Å². The molecule has 1 amide bonds. The Morgan fingerprint density at radius 3 is 2.36 bits per heavy atom. The van der Waals surface area contributed by atoms with E-state index >= 15 is 0 Å². The number of hydrogen-bond donors (Lipinski definition) is 0. The maximum Gasteiger partial charge on any atom is 0.246 e. The van der Waals surface area contributed by atoms with Crippen molar-refractivity contribution in [2.45, 2.75) is 5.41 Å². The number of amides is 1. The van der Waals surface area contributed by atoms with Gasteiger partial charge in [-0.1, -0.05) is 60.1 Å². The SMILES string of the molecule is CN1C(=O)C(c2ccccc2)(c2cn(C)c3ccc(Cl)cc23)c2ccccc21. The number of para-hydroxylation sites is 1. The van der Waals surface area contributed by atoms with Gasteiger partial charge in [-0.3, -0.25) is 4.79 Å². The van der Waals surface area contributed by atoms with Gasteiger partial charge in [0.25, 0.3) is 0 Å². The van der Waals surface area contributed by atoms with Crippen LogP contribution in [0.4, 0.5) is 5.69 Å². The zero-order chi connectivity index (χ0) is 19.5. The van der Waals surface area contributed by atoms with E-state index in [4.69, 9.17) is 11.6 Å². The number of benzene rings is 3. The van der Waals surface area contributed by atoms with Crippen LogP contribution in [0.1, 0.15) is 16.7 Å². The molecule has 1 unspecified atom stereocenters. The molecule has 4 aromatic rings. The van der Waals surface area contributed by atoms with Gasteiger partial charge in [0.2, 0.25) is 5.91 Å². The average molecular weight is 387 g/mol. The van der Waals surface area contributed by atoms with E-state index < -0.39 is 5.41 Å². The molecule has 138 valence electrons. The van der Waals surface area contributed by atoms with Gasteiger partial charge in [0.1, 0.15) is 5.41 Å². The predicted octanol–water partition coefficient (Wildman–Crippen LogP) is 5.14. The summed E-state index contributed by atoms with van der Waals surface area (Å²) in [6.07, 6.45) is 2.07. The van der Waals surface area contributed by atoms with Crippen molar-refractivity contribution in [1.82, 2.24) is 4.57 Å². The van der Waals surface area contributed by atoms with E-state index in [0.717, 1.165) is 33.3 Å². The Morgan fingerprint density at radius 1 is 0.857 bits per heavy atom. The Kier molecular flexibility index (Phi) is 3.65. The second kappa shape index (κ2) is 5.98. The summed E-state index contributed by atoms with van der Waals surface area (Å²) in [6.45, 7) is 0. The minimum absolute atomic E-state index is 0.0485. The number of anilines is 1. The molecule has 4 heteroatoms. The Hall–Kier alpha value is -3.04. The number of hydrogen-bond acceptors (Lipinski definition) is 1. The van der Waals surface area contributed by atoms with Crippen LogP contribution in [0.5, 0.6) is 0 Å². The van der Waals surface area contributed by atoms with Crippen LogP contribution in [-0.2, 0) is 17.3 Å². The lowest BCUT2D eigenvalue weighted by Crippen LogP contribution is -2.40. The van der Waals surface area contributed by atoms with E-state index in [2.05, 4.69) is 16.8 Å². The molecule has 5 rings (SSSR count). The molecule has 0 bridgehead atoms. The second-order valence-corrected chi connectivity index (χ2v) is 7.75. The third-order valence-corrected chi connectivity index (χ3v) is 6.09. The number of carbonyl (C=O) groups is 1. The summed E-state index contributed by atoms with van der Waals surface area (Å²) in [7, 11) is 3.86. The van der Waals surface area contributed by atoms with Gasteiger partial charge in [0, 0.05) is 53.0 Å². The van der Waals surface area contributed by atoms with E-state index in [9.17, 15) is 4.79 Å². The van der Waals surface area contributed by atoms with Crippen molar-refractivity contribution in [2.75, 3.05) is 11.9 Å². The van der Waals surface area contributed by atoms with Crippen molar-refractivity contribution in [3.8, 4) is 0 Å². The zero-order valence-corrected chi connectivity index (χ0v) is 16.4. The van der Waals surface area contributed by atoms with Gasteiger partial charge in [-0.15, -0.1) is 0 Å². The van der Waals surface area contributed by atoms with Crippen LogP contribution >= 0.6 is 11.6 Å². The fraction of sp³-hybridized carbons (Fsp3) is 0.125. The topological polar surface area (TPSA) is 25.2 Å². The molecule has 0 N–H and O–H groups in total. The van der Waals surface area contributed by atoms with Gasteiger partial charge in [0.15, 0.2) is 0 Å². The van der Waals surface area contributed by atoms with Gasteiger partial charge < -0.3 is 9.47 Å². The summed E-state index contributed by atoms with van der Waals surface area (Å²) in [5, 5.41) is 1.66. The number of fused-ring (bicyclic) bond motifs is 2. The third kappa shape index (κ3) is 2.08. The first-order valence-electron chi connectivity index (χ1n) is 9.23. The smallest absolute Gasteiger partial charge is 0.246 e. The van der Waals surface area contributed by atoms with Gasteiger partial charge in [0.05, 0.1) is 0 Å². The molecule has 28 heavy (non-hydrogen) atoms. The normalized spacial score (nSPS) is 18.7. The Balaban J connectivity index is 1.97. The molecule has 0 aliphatic carbocycles. The number of carbonyl (C=O) groups excluding carboxylic acids is 1. The molecule has 1 aromatic heterocycles. The lowest BCUT2D eigenvalue weighted by molar-refractivity contribution is -0.120. The Bertz CT molecular complexity index is 1230. The summed E-state index contributed by atoms with van der Waals surface area (Å²) in [5.41, 5.74) is 4.01. The van der Waals surface area contributed by atoms with Crippen molar-refractivity contribution in [1.29, 1.82) is 0 Å². The average Bonchev–Trinajstić information content (AvgIpc) is 3.16. The lowest BCUT2D eigenvalue weighted by Gasteiger charge is -2.29. The van der Waals surface area contributed by atoms with Gasteiger partial charge in [-0.25, -0.2) is 0 Å². The number of aryl methyl sites for hydroxylation is 1. The highest BCUT2D eigenvalue weighted by Crippen LogP contribution is 2.51. The number of rotatable bonds is 2. The summed E-state index contributed by atoms with van der Waals surface area (Å²) in [6, 6.07) is 23.9. The Labute approximate surface area is 168 Å². The number of halogens is 1. The molecular formula is C24H19ClN2O. The quantitative estimate of drug-likeness (QED) is 0.468. The van der Waals surface area contributed by atoms with E-state index in [-0.39, 0.29) is 5.91 Å². The molecule has 3 aromatic carbocycles. The van der Waals surface area contributed by atoms with Crippen LogP contribution < -0.4 is 4.90 Å². The summed E-state index contributed by atoms with van der Waals surface area (Å²) >= 11 is 6.36. The van der Waals surface area contributed by atoms with Crippen LogP contribution in [0.15, 0.2) is 79.0 Å². The van der Waals surface area contributed by atoms with Crippen LogP contribution in [-0.4, -0.2) is 17.5 Å². The molecule has 1 aliphatic heterocycles. The van der Waals surface area contributed by atoms with E-state index in [1.165, 1.54) is 0 Å². The summed E-state index contributed by atoms with van der Waals surface area (Å²) in [5.74, 6) is 0.0485. The van der Waals surface area contributed by atoms with Gasteiger partial charge >= 0.3 is 0 Å². The summed E-state index contributed by atoms with van der Waals surface area (Å²) in [4.78, 5) is 15.7. The van der Waals surface area contributed by atoms with Crippen molar-refractivity contribution >= 4 is 34.1 Å². The molecule has 0 radical (unpaired) electrons. The first kappa shape index (κ1) is 17.1. The minimum atomic E-state index is -0.906. The van der Waals surface area contributed by atoms with E-state index in [1.807, 2.05) is 80.8 Å². The molecule has 0 fully saturated rings. The third-order valence-electron chi connectivity index (χ3n) is 5.86. The lowest BCUT2D eigenvalue weighted by atomic mass is 9.70. The number of nitrogens with zero attached hydrogens (tertiary/aromatic N) is 2. The molecule has 1 aliphatic rings. The maximum absolute atomic E-state index is 13.9. The molecule has 3 nitrogen and oxygen atoms in total. The van der Waals surface area contributed by atoms with Crippen molar-refractivity contribution in [2.24, 2.45) is 7.05 Å². The largest absolute Gasteiger partial charge is 0.350 e. The molecule has 0 spiro atoms. The highest BCUT2D eigenvalue weighted by molar-refractivity contribution is 6.31. The molecular weight excluding hydrogens is 368 g/mol. The van der Waals surface area contributed by atoms with Gasteiger partial charge in [-0.2, -0.15) is 0 Å². The fourth-order valence-electron chi connectivity index (χ4n) is 4.61. The number of aromatic nitrogens is 1. The highest BCUT2D eigenvalue weighted by Gasteiger charge is 2.53. The summed E-state index contributed by atoms with van der Waals surface area (Å²) < 4.78 is 2.07. The maximum atomic E-state index is 13.9. The second-order valence-electron chi connectivity index (χ2n) is 7.31. The van der Waals surface area contributed by atoms with Gasteiger partial charge in [-0.05, 0) is 29.8 Å². The van der Waals surface area contributed by atoms with E-state index in [0.29, 0.717) is 5.02 Å². The van der Waals surface area contributed by atoms with Crippen molar-refractivity contribution < 1.29 is 4.79 Å². The fourth-order valence-corrected chi connectivity index (χ4v) is 4.78. The van der Waals surface area contributed by atoms with Crippen molar-refractivity contribution in [3.05, 3.63) is 101 Å². The van der Waals surface area contributed by atoms with Crippen LogP contribution in [0.3, 0.4) is 0 Å². The highest BCUT2D eigenvalue weighted by atomic mass is 35.5. The molecule has 1 atom stereocenters. The van der Waals surface area contributed by atoms with Crippen LogP contribution in [0, 0.1) is 0 Å². The standard InChI is InChI=1S/C24H19ClN2O/c1-26-15-20(18-14-17(25)12-13-21(18)26)24(16-8-4-3-5-9-16)19-10-6-7-11-22(19)27(2)23(24)28/h3-15H,1-2H3. The minimum Gasteiger partial charge on any atom is -0.350 e. The molecule has 0 saturated heterocycles. The Morgan fingerprint density at radius 2 is 1.57 bits per heavy atom. The predicted molar refractivity (Wildman–Crippen MR) is 114 cm³/mol. The first-order valence-corrected chi connectivity index (χ1v) is 9.61. The van der Waals surface area contributed by atoms with E-state index in [1.54, 1.807) is 4.90 Å². The first-order chi connectivity index (χ1) is 13.5.